The molecule has 0 bridgehead atoms. The minimum Gasteiger partial charge on any atom is -0.0645 e. The Morgan fingerprint density at radius 1 is 1.07 bits per heavy atom. The Hall–Kier alpha value is -0.260. The zero-order valence-corrected chi connectivity index (χ0v) is 11.0. The summed E-state index contributed by atoms with van der Waals surface area (Å²) in [5.74, 6) is 0.791. The molecule has 0 N–H and O–H groups in total. The van der Waals surface area contributed by atoms with Crippen molar-refractivity contribution >= 4 is 0 Å². The first kappa shape index (κ1) is 11.2. The highest BCUT2D eigenvalue weighted by Crippen LogP contribution is 2.57. The van der Waals surface area contributed by atoms with Gasteiger partial charge in [-0.2, -0.15) is 0 Å². The Morgan fingerprint density at radius 3 is 2.33 bits per heavy atom. The summed E-state index contributed by atoms with van der Waals surface area (Å²) in [5, 5.41) is 0. The molecule has 1 atom stereocenters. The summed E-state index contributed by atoms with van der Waals surface area (Å²) in [7, 11) is 0. The van der Waals surface area contributed by atoms with Crippen LogP contribution in [0.4, 0.5) is 0 Å². The topological polar surface area (TPSA) is 0 Å². The molecule has 0 saturated heterocycles. The molecule has 0 amide bonds. The van der Waals surface area contributed by atoms with Crippen molar-refractivity contribution < 1.29 is 0 Å². The van der Waals surface area contributed by atoms with Crippen LogP contribution in [-0.2, 0) is 0 Å². The van der Waals surface area contributed by atoms with E-state index in [0.717, 1.165) is 5.92 Å². The highest BCUT2D eigenvalue weighted by molar-refractivity contribution is 5.37. The van der Waals surface area contributed by atoms with E-state index in [4.69, 9.17) is 0 Å². The van der Waals surface area contributed by atoms with Gasteiger partial charge in [-0.05, 0) is 48.9 Å². The van der Waals surface area contributed by atoms with E-state index in [0.29, 0.717) is 10.8 Å². The third-order valence-corrected chi connectivity index (χ3v) is 5.05. The summed E-state index contributed by atoms with van der Waals surface area (Å²) >= 11 is 0. The third kappa shape index (κ3) is 1.57. The molecule has 15 heavy (non-hydrogen) atoms. The smallest absolute Gasteiger partial charge is 0.00875 e. The van der Waals surface area contributed by atoms with Crippen LogP contribution in [-0.4, -0.2) is 0 Å². The van der Waals surface area contributed by atoms with E-state index in [-0.39, 0.29) is 0 Å². The third-order valence-electron chi connectivity index (χ3n) is 5.05. The predicted molar refractivity (Wildman–Crippen MR) is 66.5 cm³/mol. The first-order valence-corrected chi connectivity index (χ1v) is 6.45. The number of hydrogen-bond donors (Lipinski definition) is 0. The van der Waals surface area contributed by atoms with Gasteiger partial charge in [-0.3, -0.25) is 0 Å². The second kappa shape index (κ2) is 3.37. The van der Waals surface area contributed by atoms with Crippen LogP contribution in [0.15, 0.2) is 11.1 Å². The van der Waals surface area contributed by atoms with Gasteiger partial charge >= 0.3 is 0 Å². The lowest BCUT2D eigenvalue weighted by atomic mass is 9.67. The largest absolute Gasteiger partial charge is 0.0645 e. The molecule has 0 heterocycles. The minimum atomic E-state index is 0.375. The second-order valence-electron chi connectivity index (χ2n) is 6.49. The Bertz CT molecular complexity index is 293. The molecule has 0 aromatic carbocycles. The average molecular weight is 205 g/mol. The quantitative estimate of drug-likeness (QED) is 0.541. The normalized spacial score (nSPS) is 34.8. The van der Waals surface area contributed by atoms with E-state index in [1.54, 1.807) is 5.57 Å². The molecule has 2 rings (SSSR count). The lowest BCUT2D eigenvalue weighted by Crippen LogP contribution is -2.27. The maximum Gasteiger partial charge on any atom is -0.00875 e. The van der Waals surface area contributed by atoms with Gasteiger partial charge in [0, 0.05) is 0 Å². The van der Waals surface area contributed by atoms with Crippen LogP contribution in [0.2, 0.25) is 0 Å². The number of hydrogen-bond acceptors (Lipinski definition) is 0. The van der Waals surface area contributed by atoms with E-state index >= 15 is 0 Å². The van der Waals surface area contributed by atoms with E-state index in [1.165, 1.54) is 25.7 Å². The summed E-state index contributed by atoms with van der Waals surface area (Å²) in [4.78, 5) is 0. The van der Waals surface area contributed by atoms with E-state index < -0.39 is 0 Å². The monoisotopic (exact) mass is 205 g/mol. The van der Waals surface area contributed by atoms with Gasteiger partial charge in [0.05, 0.1) is 0 Å². The van der Waals surface area contributed by atoms with Crippen molar-refractivity contribution in [2.24, 2.45) is 16.7 Å². The van der Waals surface area contributed by atoms with Crippen molar-refractivity contribution in [1.82, 2.24) is 0 Å². The lowest BCUT2D eigenvalue weighted by molar-refractivity contribution is 0.266. The van der Waals surface area contributed by atoms with Gasteiger partial charge in [0.15, 0.2) is 0 Å². The van der Waals surface area contributed by atoms with Crippen molar-refractivity contribution in [1.29, 1.82) is 0 Å². The number of rotatable bonds is 1. The average Bonchev–Trinajstić information content (AvgIpc) is 2.46. The fraction of sp³-hybridized carbons (Fsp3) is 0.800. The summed E-state index contributed by atoms with van der Waals surface area (Å²) in [6.45, 7) is 12.1. The van der Waals surface area contributed by atoms with Gasteiger partial charge in [0.2, 0.25) is 0 Å². The highest BCUT2D eigenvalue weighted by Gasteiger charge is 2.44. The molecule has 1 radical (unpaired) electrons. The molecule has 0 spiro atoms. The Kier molecular flexibility index (Phi) is 2.52. The molecule has 0 saturated carbocycles. The molecule has 0 unspecified atom stereocenters. The lowest BCUT2D eigenvalue weighted by Gasteiger charge is -2.38. The first-order valence-electron chi connectivity index (χ1n) is 6.45. The molecular weight excluding hydrogens is 180 g/mol. The zero-order valence-electron chi connectivity index (χ0n) is 11.0. The number of allylic oxidation sites excluding steroid dienone is 2. The standard InChI is InChI=1S/C15H25/c1-11(2)15(5)10-8-12-13(15)7-6-9-14(12,3)4/h9,11H,6-8,10H2,1-5H3/t15-/m0/s1. The molecule has 0 aliphatic heterocycles. The zero-order chi connectivity index (χ0) is 11.3. The molecule has 85 valence electrons. The Morgan fingerprint density at radius 2 is 1.73 bits per heavy atom. The second-order valence-corrected chi connectivity index (χ2v) is 6.49. The van der Waals surface area contributed by atoms with Crippen LogP contribution < -0.4 is 0 Å². The van der Waals surface area contributed by atoms with Crippen LogP contribution in [0.5, 0.6) is 0 Å². The van der Waals surface area contributed by atoms with Crippen molar-refractivity contribution in [3.63, 3.8) is 0 Å². The summed E-state index contributed by atoms with van der Waals surface area (Å²) < 4.78 is 0. The van der Waals surface area contributed by atoms with Crippen LogP contribution in [0.3, 0.4) is 0 Å². The molecule has 0 aromatic rings. The first-order chi connectivity index (χ1) is 6.88. The summed E-state index contributed by atoms with van der Waals surface area (Å²) in [6.07, 6.45) is 7.86. The van der Waals surface area contributed by atoms with Crippen molar-refractivity contribution in [2.45, 2.75) is 60.3 Å². The van der Waals surface area contributed by atoms with Gasteiger partial charge in [-0.15, -0.1) is 0 Å². The van der Waals surface area contributed by atoms with Gasteiger partial charge in [0.25, 0.3) is 0 Å². The maximum absolute atomic E-state index is 2.53. The predicted octanol–water partition coefficient (Wildman–Crippen LogP) is 4.76. The summed E-state index contributed by atoms with van der Waals surface area (Å²) in [6, 6.07) is 0. The minimum absolute atomic E-state index is 0.375. The van der Waals surface area contributed by atoms with Gasteiger partial charge in [0.1, 0.15) is 0 Å². The summed E-state index contributed by atoms with van der Waals surface area (Å²) in [5.41, 5.74) is 4.45. The van der Waals surface area contributed by atoms with Crippen molar-refractivity contribution in [2.75, 3.05) is 0 Å². The van der Waals surface area contributed by atoms with Crippen molar-refractivity contribution in [3.8, 4) is 0 Å². The fourth-order valence-electron chi connectivity index (χ4n) is 3.52. The maximum atomic E-state index is 2.53. The van der Waals surface area contributed by atoms with Crippen LogP contribution in [0.25, 0.3) is 0 Å². The Labute approximate surface area is 95.1 Å². The van der Waals surface area contributed by atoms with E-state index in [1.807, 2.05) is 5.57 Å². The van der Waals surface area contributed by atoms with Crippen LogP contribution in [0, 0.1) is 23.2 Å². The molecule has 0 fully saturated rings. The van der Waals surface area contributed by atoms with Crippen molar-refractivity contribution in [3.05, 3.63) is 17.6 Å². The van der Waals surface area contributed by atoms with E-state index in [9.17, 15) is 0 Å². The van der Waals surface area contributed by atoms with Gasteiger partial charge in [-0.1, -0.05) is 45.8 Å². The SMILES string of the molecule is CC(C)[C@]1(C)CCC2=C1CC[CH]C2(C)C. The van der Waals surface area contributed by atoms with Gasteiger partial charge < -0.3 is 0 Å². The van der Waals surface area contributed by atoms with Gasteiger partial charge in [-0.25, -0.2) is 0 Å². The molecular formula is C15H25. The molecule has 0 nitrogen and oxygen atoms in total. The van der Waals surface area contributed by atoms with E-state index in [2.05, 4.69) is 41.0 Å². The molecule has 0 aromatic heterocycles. The molecule has 2 aliphatic rings. The van der Waals surface area contributed by atoms with Crippen LogP contribution in [0.1, 0.15) is 60.3 Å². The highest BCUT2D eigenvalue weighted by atomic mass is 14.5. The molecule has 2 aliphatic carbocycles. The fourth-order valence-corrected chi connectivity index (χ4v) is 3.52. The molecule has 0 heteroatoms. The Balaban J connectivity index is 2.41. The van der Waals surface area contributed by atoms with Crippen LogP contribution >= 0.6 is 0 Å².